The predicted molar refractivity (Wildman–Crippen MR) is 74.5 cm³/mol. The van der Waals surface area contributed by atoms with Crippen molar-refractivity contribution < 1.29 is 9.66 Å². The molecule has 5 nitrogen and oxygen atoms in total. The van der Waals surface area contributed by atoms with Gasteiger partial charge in [0.05, 0.1) is 17.1 Å². The summed E-state index contributed by atoms with van der Waals surface area (Å²) in [4.78, 5) is 10.7. The minimum atomic E-state index is -0.321. The first-order chi connectivity index (χ1) is 9.10. The first-order valence-corrected chi connectivity index (χ1v) is 6.76. The van der Waals surface area contributed by atoms with E-state index in [1.165, 1.54) is 0 Å². The van der Waals surface area contributed by atoms with E-state index in [0.717, 1.165) is 24.1 Å². The van der Waals surface area contributed by atoms with Crippen molar-refractivity contribution in [3.05, 3.63) is 33.9 Å². The van der Waals surface area contributed by atoms with Gasteiger partial charge in [0.2, 0.25) is 0 Å². The van der Waals surface area contributed by atoms with Crippen molar-refractivity contribution in [1.82, 2.24) is 0 Å². The molecule has 104 valence electrons. The lowest BCUT2D eigenvalue weighted by Crippen LogP contribution is -2.19. The summed E-state index contributed by atoms with van der Waals surface area (Å²) in [6.07, 6.45) is 3.33. The lowest BCUT2D eigenvalue weighted by molar-refractivity contribution is -0.385. The monoisotopic (exact) mass is 264 g/mol. The Balaban J connectivity index is 2.00. The molecule has 1 N–H and O–H groups in total. The van der Waals surface area contributed by atoms with Gasteiger partial charge in [0, 0.05) is 23.9 Å². The van der Waals surface area contributed by atoms with Crippen LogP contribution in [0.25, 0.3) is 0 Å². The number of hydrogen-bond acceptors (Lipinski definition) is 4. The van der Waals surface area contributed by atoms with E-state index in [4.69, 9.17) is 4.74 Å². The molecule has 19 heavy (non-hydrogen) atoms. The maximum Gasteiger partial charge on any atom is 0.274 e. The number of nitrogens with one attached hydrogen (secondary N) is 1. The minimum absolute atomic E-state index is 0.188. The fourth-order valence-electron chi connectivity index (χ4n) is 2.41. The normalized spacial score (nSPS) is 22.4. The first-order valence-electron chi connectivity index (χ1n) is 6.76. The Morgan fingerprint density at radius 3 is 2.84 bits per heavy atom. The Morgan fingerprint density at radius 2 is 2.26 bits per heavy atom. The van der Waals surface area contributed by atoms with E-state index in [1.54, 1.807) is 6.07 Å². The molecule has 1 aliphatic rings. The summed E-state index contributed by atoms with van der Waals surface area (Å²) in [5, 5.41) is 14.2. The van der Waals surface area contributed by atoms with Gasteiger partial charge in [0.15, 0.2) is 0 Å². The van der Waals surface area contributed by atoms with E-state index in [9.17, 15) is 10.1 Å². The lowest BCUT2D eigenvalue weighted by Gasteiger charge is -2.13. The zero-order chi connectivity index (χ0) is 13.8. The third kappa shape index (κ3) is 3.44. The van der Waals surface area contributed by atoms with Gasteiger partial charge in [-0.15, -0.1) is 0 Å². The van der Waals surface area contributed by atoms with Crippen LogP contribution < -0.4 is 5.32 Å². The second-order valence-corrected chi connectivity index (χ2v) is 4.98. The third-order valence-corrected chi connectivity index (χ3v) is 3.52. The van der Waals surface area contributed by atoms with Gasteiger partial charge in [-0.2, -0.15) is 0 Å². The Bertz CT molecular complexity index is 462. The summed E-state index contributed by atoms with van der Waals surface area (Å²) < 4.78 is 5.71. The van der Waals surface area contributed by atoms with Gasteiger partial charge in [-0.1, -0.05) is 13.0 Å². The molecule has 0 amide bonds. The van der Waals surface area contributed by atoms with Gasteiger partial charge in [-0.05, 0) is 32.3 Å². The highest BCUT2D eigenvalue weighted by Gasteiger charge is 2.21. The molecule has 0 bridgehead atoms. The maximum atomic E-state index is 11.0. The van der Waals surface area contributed by atoms with Crippen LogP contribution in [0.15, 0.2) is 18.2 Å². The van der Waals surface area contributed by atoms with E-state index in [0.29, 0.717) is 19.1 Å². The average Bonchev–Trinajstić information content (AvgIpc) is 2.81. The van der Waals surface area contributed by atoms with Crippen molar-refractivity contribution in [2.45, 2.75) is 45.3 Å². The molecule has 0 aromatic heterocycles. The van der Waals surface area contributed by atoms with Gasteiger partial charge < -0.3 is 10.1 Å². The number of rotatable bonds is 5. The summed E-state index contributed by atoms with van der Waals surface area (Å²) in [5.41, 5.74) is 1.74. The smallest absolute Gasteiger partial charge is 0.274 e. The second kappa shape index (κ2) is 6.02. The molecule has 2 rings (SSSR count). The van der Waals surface area contributed by atoms with Gasteiger partial charge in [-0.3, -0.25) is 10.1 Å². The number of ether oxygens (including phenoxy) is 1. The summed E-state index contributed by atoms with van der Waals surface area (Å²) in [5.74, 6) is 0. The van der Waals surface area contributed by atoms with Crippen LogP contribution in [0.4, 0.5) is 11.4 Å². The van der Waals surface area contributed by atoms with Crippen molar-refractivity contribution in [2.24, 2.45) is 0 Å². The molecule has 0 aliphatic carbocycles. The van der Waals surface area contributed by atoms with Gasteiger partial charge in [0.1, 0.15) is 0 Å². The molecule has 1 heterocycles. The third-order valence-electron chi connectivity index (χ3n) is 3.52. The lowest BCUT2D eigenvalue weighted by atomic mass is 10.1. The number of nitrogens with zero attached hydrogens (tertiary/aromatic N) is 1. The van der Waals surface area contributed by atoms with Crippen LogP contribution in [0, 0.1) is 10.1 Å². The van der Waals surface area contributed by atoms with Crippen molar-refractivity contribution in [3.63, 3.8) is 0 Å². The highest BCUT2D eigenvalue weighted by Crippen LogP contribution is 2.25. The zero-order valence-corrected chi connectivity index (χ0v) is 11.4. The van der Waals surface area contributed by atoms with E-state index >= 15 is 0 Å². The number of nitro groups is 1. The molecular weight excluding hydrogens is 244 g/mol. The minimum Gasteiger partial charge on any atom is -0.382 e. The molecule has 2 unspecified atom stereocenters. The van der Waals surface area contributed by atoms with Crippen LogP contribution in [0.1, 0.15) is 32.3 Å². The molecule has 0 saturated carbocycles. The van der Waals surface area contributed by atoms with E-state index in [1.807, 2.05) is 19.1 Å². The molecular formula is C14H20N2O3. The van der Waals surface area contributed by atoms with Crippen LogP contribution in [0.5, 0.6) is 0 Å². The molecule has 1 aliphatic heterocycles. The zero-order valence-electron chi connectivity index (χ0n) is 11.4. The molecule has 1 fully saturated rings. The van der Waals surface area contributed by atoms with Crippen LogP contribution >= 0.6 is 0 Å². The first kappa shape index (κ1) is 13.8. The SMILES string of the molecule is CCc1ccc(NCC2CCC(C)O2)cc1[N+](=O)[O-]. The van der Waals surface area contributed by atoms with Crippen molar-refractivity contribution in [2.75, 3.05) is 11.9 Å². The van der Waals surface area contributed by atoms with Gasteiger partial charge in [-0.25, -0.2) is 0 Å². The fourth-order valence-corrected chi connectivity index (χ4v) is 2.41. The highest BCUT2D eigenvalue weighted by molar-refractivity contribution is 5.55. The fraction of sp³-hybridized carbons (Fsp3) is 0.571. The second-order valence-electron chi connectivity index (χ2n) is 4.98. The van der Waals surface area contributed by atoms with Crippen LogP contribution in [0.3, 0.4) is 0 Å². The topological polar surface area (TPSA) is 64.4 Å². The molecule has 5 heteroatoms. The largest absolute Gasteiger partial charge is 0.382 e. The molecule has 1 aromatic rings. The molecule has 0 radical (unpaired) electrons. The number of anilines is 1. The Morgan fingerprint density at radius 1 is 1.47 bits per heavy atom. The maximum absolute atomic E-state index is 11.0. The highest BCUT2D eigenvalue weighted by atomic mass is 16.6. The van der Waals surface area contributed by atoms with E-state index in [2.05, 4.69) is 12.2 Å². The number of aryl methyl sites for hydroxylation is 1. The molecule has 1 aromatic carbocycles. The van der Waals surface area contributed by atoms with Crippen molar-refractivity contribution in [3.8, 4) is 0 Å². The standard InChI is InChI=1S/C14H20N2O3/c1-3-11-5-6-12(8-14(11)16(17)18)15-9-13-7-4-10(2)19-13/h5-6,8,10,13,15H,3-4,7,9H2,1-2H3. The van der Waals surface area contributed by atoms with Crippen LogP contribution in [0.2, 0.25) is 0 Å². The summed E-state index contributed by atoms with van der Waals surface area (Å²) in [6, 6.07) is 5.32. The van der Waals surface area contributed by atoms with Crippen LogP contribution in [-0.2, 0) is 11.2 Å². The van der Waals surface area contributed by atoms with E-state index < -0.39 is 0 Å². The van der Waals surface area contributed by atoms with Crippen molar-refractivity contribution >= 4 is 11.4 Å². The van der Waals surface area contributed by atoms with E-state index in [-0.39, 0.29) is 16.7 Å². The van der Waals surface area contributed by atoms with Crippen LogP contribution in [-0.4, -0.2) is 23.7 Å². The van der Waals surface area contributed by atoms with Gasteiger partial charge in [0.25, 0.3) is 5.69 Å². The molecule has 2 atom stereocenters. The average molecular weight is 264 g/mol. The summed E-state index contributed by atoms with van der Waals surface area (Å²) in [6.45, 7) is 4.69. The number of benzene rings is 1. The molecule has 1 saturated heterocycles. The Hall–Kier alpha value is -1.62. The number of hydrogen-bond donors (Lipinski definition) is 1. The predicted octanol–water partition coefficient (Wildman–Crippen LogP) is 3.14. The van der Waals surface area contributed by atoms with Crippen molar-refractivity contribution in [1.29, 1.82) is 0 Å². The Labute approximate surface area is 113 Å². The summed E-state index contributed by atoms with van der Waals surface area (Å²) >= 11 is 0. The quantitative estimate of drug-likeness (QED) is 0.655. The number of nitro benzene ring substituents is 1. The van der Waals surface area contributed by atoms with Gasteiger partial charge >= 0.3 is 0 Å². The Kier molecular flexibility index (Phi) is 4.37. The molecule has 0 spiro atoms. The summed E-state index contributed by atoms with van der Waals surface area (Å²) in [7, 11) is 0.